The van der Waals surface area contributed by atoms with Crippen molar-refractivity contribution in [2.45, 2.75) is 23.4 Å². The Morgan fingerprint density at radius 1 is 1.02 bits per heavy atom. The highest BCUT2D eigenvalue weighted by molar-refractivity contribution is 7.91. The molecule has 1 aliphatic rings. The number of primary sulfonamides is 1. The first-order valence-corrected chi connectivity index (χ1v) is 15.5. The number of sulfonamides is 1. The van der Waals surface area contributed by atoms with Crippen molar-refractivity contribution in [2.24, 2.45) is 5.14 Å². The van der Waals surface area contributed by atoms with Crippen LogP contribution in [0.25, 0.3) is 10.2 Å². The number of carbonyl (C=O) groups excluding carboxylic acids is 1. The average molecular weight is 606 g/mol. The third-order valence-corrected chi connectivity index (χ3v) is 9.17. The van der Waals surface area contributed by atoms with Crippen LogP contribution in [-0.2, 0) is 27.8 Å². The molecule has 216 valence electrons. The van der Waals surface area contributed by atoms with Gasteiger partial charge in [-0.05, 0) is 29.8 Å². The van der Waals surface area contributed by atoms with E-state index in [1.165, 1.54) is 0 Å². The van der Waals surface area contributed by atoms with Crippen LogP contribution < -0.4 is 14.8 Å². The maximum atomic E-state index is 13.8. The van der Waals surface area contributed by atoms with Gasteiger partial charge in [0.1, 0.15) is 24.1 Å². The lowest BCUT2D eigenvalue weighted by atomic mass is 10.0. The molecule has 3 aromatic heterocycles. The smallest absolute Gasteiger partial charge is 0.265 e. The van der Waals surface area contributed by atoms with Crippen molar-refractivity contribution >= 4 is 43.4 Å². The van der Waals surface area contributed by atoms with Gasteiger partial charge in [-0.15, -0.1) is 16.4 Å². The van der Waals surface area contributed by atoms with Crippen molar-refractivity contribution in [1.82, 2.24) is 34.8 Å². The number of fused-ring (bicyclic) bond motifs is 1. The van der Waals surface area contributed by atoms with Gasteiger partial charge in [-0.25, -0.2) is 33.2 Å². The van der Waals surface area contributed by atoms with Crippen molar-refractivity contribution in [2.75, 3.05) is 31.1 Å². The molecule has 2 aromatic carbocycles. The van der Waals surface area contributed by atoms with E-state index in [0.29, 0.717) is 60.2 Å². The molecule has 0 spiro atoms. The van der Waals surface area contributed by atoms with Crippen LogP contribution in [0.3, 0.4) is 0 Å². The molecule has 1 fully saturated rings. The normalized spacial score (nSPS) is 14.7. The summed E-state index contributed by atoms with van der Waals surface area (Å²) in [7, 11) is -3.89. The van der Waals surface area contributed by atoms with Crippen molar-refractivity contribution in [3.63, 3.8) is 0 Å². The van der Waals surface area contributed by atoms with Crippen LogP contribution in [0.4, 0.5) is 5.95 Å². The van der Waals surface area contributed by atoms with E-state index in [1.54, 1.807) is 47.5 Å². The molecule has 1 atom stereocenters. The number of anilines is 1. The molecule has 6 rings (SSSR count). The lowest BCUT2D eigenvalue weighted by Gasteiger charge is -2.36. The fourth-order valence-corrected chi connectivity index (χ4v) is 6.39. The number of hydrogen-bond acceptors (Lipinski definition) is 11. The summed E-state index contributed by atoms with van der Waals surface area (Å²) in [6, 6.07) is 16.1. The van der Waals surface area contributed by atoms with Crippen LogP contribution >= 0.6 is 11.3 Å². The van der Waals surface area contributed by atoms with E-state index in [4.69, 9.17) is 9.88 Å². The first kappa shape index (κ1) is 27.7. The third kappa shape index (κ3) is 6.22. The molecule has 0 saturated carbocycles. The van der Waals surface area contributed by atoms with E-state index in [-0.39, 0.29) is 16.9 Å². The van der Waals surface area contributed by atoms with Gasteiger partial charge >= 0.3 is 0 Å². The zero-order chi connectivity index (χ0) is 29.1. The fraction of sp³-hybridized carbons (Fsp3) is 0.259. The van der Waals surface area contributed by atoms with E-state index >= 15 is 0 Å². The van der Waals surface area contributed by atoms with Gasteiger partial charge in [0.25, 0.3) is 10.0 Å². The fourth-order valence-electron chi connectivity index (χ4n) is 4.71. The number of amides is 1. The van der Waals surface area contributed by atoms with Gasteiger partial charge in [-0.2, -0.15) is 0 Å². The van der Waals surface area contributed by atoms with Crippen LogP contribution in [0.5, 0.6) is 5.75 Å². The molecule has 2 N–H and O–H groups in total. The quantitative estimate of drug-likeness (QED) is 0.263. The Kier molecular flexibility index (Phi) is 7.78. The van der Waals surface area contributed by atoms with Gasteiger partial charge in [-0.3, -0.25) is 4.79 Å². The van der Waals surface area contributed by atoms with E-state index in [2.05, 4.69) is 30.2 Å². The Balaban J connectivity index is 1.16. The standard InChI is InChI=1S/C27H27N9O4S2/c28-42(38,39)27-31-22-8-7-21(16-24(22)41-27)40-18-20-17-36(33-32-20)23(15-19-5-2-1-3-6-19)25(37)34-11-13-35(14-12-34)26-29-9-4-10-30-26/h1-10,16-17,23H,11-15,18H2,(H2,28,38,39)/t23-/m0/s1. The van der Waals surface area contributed by atoms with E-state index < -0.39 is 16.1 Å². The number of nitrogens with two attached hydrogens (primary N) is 1. The molecule has 13 nitrogen and oxygen atoms in total. The zero-order valence-electron chi connectivity index (χ0n) is 22.4. The van der Waals surface area contributed by atoms with Gasteiger partial charge in [0.05, 0.1) is 16.4 Å². The maximum absolute atomic E-state index is 13.8. The summed E-state index contributed by atoms with van der Waals surface area (Å²) in [5.74, 6) is 1.13. The molecule has 5 aromatic rings. The van der Waals surface area contributed by atoms with Gasteiger partial charge < -0.3 is 14.5 Å². The Morgan fingerprint density at radius 2 is 1.79 bits per heavy atom. The number of benzene rings is 2. The van der Waals surface area contributed by atoms with Crippen molar-refractivity contribution in [3.05, 3.63) is 84.4 Å². The number of ether oxygens (including phenoxy) is 1. The highest BCUT2D eigenvalue weighted by Gasteiger charge is 2.30. The Morgan fingerprint density at radius 3 is 2.52 bits per heavy atom. The second-order valence-electron chi connectivity index (χ2n) is 9.70. The van der Waals surface area contributed by atoms with Crippen LogP contribution in [0.15, 0.2) is 77.5 Å². The molecular weight excluding hydrogens is 578 g/mol. The number of carbonyl (C=O) groups is 1. The predicted octanol–water partition coefficient (Wildman–Crippen LogP) is 2.04. The average Bonchev–Trinajstić information content (AvgIpc) is 3.67. The molecule has 1 saturated heterocycles. The summed E-state index contributed by atoms with van der Waals surface area (Å²) >= 11 is 0.976. The maximum Gasteiger partial charge on any atom is 0.265 e. The summed E-state index contributed by atoms with van der Waals surface area (Å²) in [4.78, 5) is 30.5. The zero-order valence-corrected chi connectivity index (χ0v) is 24.0. The van der Waals surface area contributed by atoms with Crippen LogP contribution in [0.1, 0.15) is 17.3 Å². The molecule has 0 aliphatic carbocycles. The molecule has 42 heavy (non-hydrogen) atoms. The van der Waals surface area contributed by atoms with Crippen LogP contribution in [-0.4, -0.2) is 75.3 Å². The van der Waals surface area contributed by atoms with Crippen molar-refractivity contribution < 1.29 is 17.9 Å². The molecule has 4 heterocycles. The SMILES string of the molecule is NS(=O)(=O)c1nc2ccc(OCc3cn([C@@H](Cc4ccccc4)C(=O)N4CCN(c5ncccn5)CC4)nn3)cc2s1. The second-order valence-corrected chi connectivity index (χ2v) is 12.5. The topological polar surface area (TPSA) is 162 Å². The van der Waals surface area contributed by atoms with Gasteiger partial charge in [-0.1, -0.05) is 35.5 Å². The molecule has 15 heteroatoms. The lowest BCUT2D eigenvalue weighted by Crippen LogP contribution is -2.51. The van der Waals surface area contributed by atoms with Gasteiger partial charge in [0, 0.05) is 45.0 Å². The highest BCUT2D eigenvalue weighted by atomic mass is 32.2. The highest BCUT2D eigenvalue weighted by Crippen LogP contribution is 2.28. The minimum absolute atomic E-state index is 0.0360. The van der Waals surface area contributed by atoms with Crippen molar-refractivity contribution in [3.8, 4) is 5.75 Å². The van der Waals surface area contributed by atoms with E-state index in [1.807, 2.05) is 35.2 Å². The number of rotatable bonds is 9. The minimum atomic E-state index is -3.89. The number of hydrogen-bond donors (Lipinski definition) is 1. The Hall–Kier alpha value is -4.47. The Labute approximate surface area is 245 Å². The van der Waals surface area contributed by atoms with Crippen LogP contribution in [0, 0.1) is 0 Å². The molecule has 0 bridgehead atoms. The Bertz CT molecular complexity index is 1790. The monoisotopic (exact) mass is 605 g/mol. The minimum Gasteiger partial charge on any atom is -0.487 e. The van der Waals surface area contributed by atoms with Gasteiger partial charge in [0.15, 0.2) is 0 Å². The number of thiazole rings is 1. The van der Waals surface area contributed by atoms with E-state index in [9.17, 15) is 13.2 Å². The summed E-state index contributed by atoms with van der Waals surface area (Å²) in [6.45, 7) is 2.45. The molecule has 0 unspecified atom stereocenters. The summed E-state index contributed by atoms with van der Waals surface area (Å²) in [6.07, 6.45) is 5.61. The largest absolute Gasteiger partial charge is 0.487 e. The lowest BCUT2D eigenvalue weighted by molar-refractivity contribution is -0.135. The van der Waals surface area contributed by atoms with Crippen LogP contribution in [0.2, 0.25) is 0 Å². The number of piperazine rings is 1. The third-order valence-electron chi connectivity index (χ3n) is 6.83. The molecule has 1 aliphatic heterocycles. The predicted molar refractivity (Wildman–Crippen MR) is 155 cm³/mol. The first-order chi connectivity index (χ1) is 20.3. The molecule has 0 radical (unpaired) electrons. The second kappa shape index (κ2) is 11.8. The number of aromatic nitrogens is 6. The summed E-state index contributed by atoms with van der Waals surface area (Å²) in [5, 5.41) is 13.8. The van der Waals surface area contributed by atoms with Gasteiger partial charge in [0.2, 0.25) is 16.2 Å². The molecular formula is C27H27N9O4S2. The molecule has 1 amide bonds. The summed E-state index contributed by atoms with van der Waals surface area (Å²) in [5.41, 5.74) is 2.07. The first-order valence-electron chi connectivity index (χ1n) is 13.1. The van der Waals surface area contributed by atoms with Crippen molar-refractivity contribution in [1.29, 1.82) is 0 Å². The number of nitrogens with zero attached hydrogens (tertiary/aromatic N) is 8. The van der Waals surface area contributed by atoms with E-state index in [0.717, 1.165) is 16.9 Å². The summed E-state index contributed by atoms with van der Waals surface area (Å²) < 4.78 is 31.3.